The number of nitrogens with one attached hydrogen (secondary N) is 3. The highest BCUT2D eigenvalue weighted by Crippen LogP contribution is 2.39. The molecule has 38 heavy (non-hydrogen) atoms. The molecular weight excluding hydrogens is 548 g/mol. The minimum absolute atomic E-state index is 0.0610. The smallest absolute Gasteiger partial charge is 0.243 e. The van der Waals surface area contributed by atoms with Gasteiger partial charge in [-0.2, -0.15) is 10.1 Å². The van der Waals surface area contributed by atoms with Crippen LogP contribution in [0.5, 0.6) is 0 Å². The lowest BCUT2D eigenvalue weighted by atomic mass is 9.87. The van der Waals surface area contributed by atoms with Crippen molar-refractivity contribution in [1.82, 2.24) is 35.4 Å². The lowest BCUT2D eigenvalue weighted by molar-refractivity contribution is -0.129. The number of carbonyl (C=O) groups excluding carboxylic acids is 2. The maximum absolute atomic E-state index is 12.3. The van der Waals surface area contributed by atoms with E-state index in [2.05, 4.69) is 48.4 Å². The quantitative estimate of drug-likeness (QED) is 0.273. The third kappa shape index (κ3) is 4.98. The minimum Gasteiger partial charge on any atom is -0.359 e. The van der Waals surface area contributed by atoms with Crippen molar-refractivity contribution in [3.8, 4) is 5.69 Å². The number of anilines is 1. The number of hydrogen-bond acceptors (Lipinski definition) is 7. The van der Waals surface area contributed by atoms with Crippen molar-refractivity contribution in [2.24, 2.45) is 5.41 Å². The Morgan fingerprint density at radius 1 is 1.32 bits per heavy atom. The Morgan fingerprint density at radius 2 is 2.16 bits per heavy atom. The van der Waals surface area contributed by atoms with Crippen LogP contribution in [0.3, 0.4) is 0 Å². The first kappa shape index (κ1) is 25.8. The van der Waals surface area contributed by atoms with E-state index in [4.69, 9.17) is 10.1 Å². The van der Waals surface area contributed by atoms with Gasteiger partial charge in [-0.1, -0.05) is 19.6 Å². The molecule has 1 saturated carbocycles. The molecule has 3 aromatic heterocycles. The number of benzene rings is 1. The number of rotatable bonds is 8. The summed E-state index contributed by atoms with van der Waals surface area (Å²) in [4.78, 5) is 37.9. The molecule has 0 saturated heterocycles. The summed E-state index contributed by atoms with van der Waals surface area (Å²) >= 11 is 3.55. The van der Waals surface area contributed by atoms with Crippen molar-refractivity contribution in [2.45, 2.75) is 38.6 Å². The summed E-state index contributed by atoms with van der Waals surface area (Å²) in [5, 5.41) is 15.5. The lowest BCUT2D eigenvalue weighted by Gasteiger charge is -2.22. The van der Waals surface area contributed by atoms with E-state index in [0.29, 0.717) is 35.6 Å². The van der Waals surface area contributed by atoms with Crippen LogP contribution in [0.1, 0.15) is 31.7 Å². The molecule has 0 spiro atoms. The second kappa shape index (κ2) is 10.5. The van der Waals surface area contributed by atoms with Crippen molar-refractivity contribution in [3.05, 3.63) is 59.5 Å². The van der Waals surface area contributed by atoms with Gasteiger partial charge in [0.1, 0.15) is 4.60 Å². The summed E-state index contributed by atoms with van der Waals surface area (Å²) in [7, 11) is 1.68. The molecule has 2 amide bonds. The number of carbonyl (C=O) groups is 2. The van der Waals surface area contributed by atoms with E-state index >= 15 is 0 Å². The van der Waals surface area contributed by atoms with Gasteiger partial charge in [-0.05, 0) is 71.5 Å². The monoisotopic (exact) mass is 576 g/mol. The molecule has 0 bridgehead atoms. The van der Waals surface area contributed by atoms with Gasteiger partial charge >= 0.3 is 0 Å². The number of aromatic nitrogens is 5. The molecule has 1 aliphatic rings. The van der Waals surface area contributed by atoms with E-state index in [-0.39, 0.29) is 17.9 Å². The summed E-state index contributed by atoms with van der Waals surface area (Å²) in [5.41, 5.74) is 2.92. The summed E-state index contributed by atoms with van der Waals surface area (Å²) in [5.74, 6) is 0.341. The summed E-state index contributed by atoms with van der Waals surface area (Å²) in [6, 6.07) is 8.04. The molecule has 4 aromatic rings. The van der Waals surface area contributed by atoms with Crippen LogP contribution in [0.25, 0.3) is 27.6 Å². The molecule has 10 nitrogen and oxygen atoms in total. The Kier molecular flexibility index (Phi) is 7.11. The van der Waals surface area contributed by atoms with Crippen LogP contribution < -0.4 is 16.0 Å². The van der Waals surface area contributed by atoms with Crippen molar-refractivity contribution < 1.29 is 9.59 Å². The topological polar surface area (TPSA) is 127 Å². The molecule has 1 aromatic carbocycles. The molecule has 5 rings (SSSR count). The van der Waals surface area contributed by atoms with Crippen molar-refractivity contribution in [2.75, 3.05) is 18.9 Å². The summed E-state index contributed by atoms with van der Waals surface area (Å²) in [6.45, 7) is 5.96. The van der Waals surface area contributed by atoms with Gasteiger partial charge in [0.2, 0.25) is 17.8 Å². The SMILES string of the molecule is C=CC(=O)NCCc1cc(-n2nc(Br)c3cnc(N[C@@H]4CC[C@@](C)(C(=O)NC)C4)nc32)cc2cccnc12. The first-order valence-electron chi connectivity index (χ1n) is 12.5. The van der Waals surface area contributed by atoms with Crippen LogP contribution >= 0.6 is 15.9 Å². The van der Waals surface area contributed by atoms with E-state index in [1.54, 1.807) is 24.1 Å². The zero-order chi connectivity index (χ0) is 26.9. The highest BCUT2D eigenvalue weighted by atomic mass is 79.9. The van der Waals surface area contributed by atoms with E-state index in [0.717, 1.165) is 40.4 Å². The van der Waals surface area contributed by atoms with Crippen molar-refractivity contribution >= 4 is 55.6 Å². The third-order valence-corrected chi connectivity index (χ3v) is 7.71. The summed E-state index contributed by atoms with van der Waals surface area (Å²) < 4.78 is 2.42. The molecule has 0 radical (unpaired) electrons. The average Bonchev–Trinajstić information content (AvgIpc) is 3.47. The largest absolute Gasteiger partial charge is 0.359 e. The number of fused-ring (bicyclic) bond motifs is 2. The van der Waals surface area contributed by atoms with Gasteiger partial charge < -0.3 is 16.0 Å². The van der Waals surface area contributed by atoms with Gasteiger partial charge in [0.25, 0.3) is 0 Å². The van der Waals surface area contributed by atoms with Gasteiger partial charge in [-0.25, -0.2) is 9.67 Å². The number of nitrogens with zero attached hydrogens (tertiary/aromatic N) is 5. The first-order chi connectivity index (χ1) is 18.3. The third-order valence-electron chi connectivity index (χ3n) is 7.12. The van der Waals surface area contributed by atoms with Gasteiger partial charge in [0.15, 0.2) is 5.65 Å². The van der Waals surface area contributed by atoms with Crippen molar-refractivity contribution in [3.63, 3.8) is 0 Å². The van der Waals surface area contributed by atoms with Crippen LogP contribution in [0, 0.1) is 5.41 Å². The van der Waals surface area contributed by atoms with Gasteiger partial charge in [-0.15, -0.1) is 0 Å². The molecule has 0 aliphatic heterocycles. The number of amides is 2. The zero-order valence-corrected chi connectivity index (χ0v) is 22.9. The first-order valence-corrected chi connectivity index (χ1v) is 13.3. The molecule has 11 heteroatoms. The molecule has 3 N–H and O–H groups in total. The minimum atomic E-state index is -0.401. The highest BCUT2D eigenvalue weighted by molar-refractivity contribution is 9.10. The van der Waals surface area contributed by atoms with Crippen LogP contribution in [0.15, 0.2) is 53.9 Å². The Balaban J connectivity index is 1.48. The Hall–Kier alpha value is -3.86. The Bertz CT molecular complexity index is 1550. The van der Waals surface area contributed by atoms with Gasteiger partial charge in [0.05, 0.1) is 16.6 Å². The van der Waals surface area contributed by atoms with E-state index < -0.39 is 5.41 Å². The Labute approximate surface area is 228 Å². The molecule has 1 aliphatic carbocycles. The van der Waals surface area contributed by atoms with Crippen LogP contribution in [-0.4, -0.2) is 56.2 Å². The number of pyridine rings is 1. The highest BCUT2D eigenvalue weighted by Gasteiger charge is 2.41. The maximum atomic E-state index is 12.3. The van der Waals surface area contributed by atoms with E-state index in [1.807, 2.05) is 31.2 Å². The fraction of sp³-hybridized carbons (Fsp3) is 0.333. The molecule has 3 heterocycles. The fourth-order valence-corrected chi connectivity index (χ4v) is 5.57. The molecule has 196 valence electrons. The predicted octanol–water partition coefficient (Wildman–Crippen LogP) is 3.69. The van der Waals surface area contributed by atoms with Crippen LogP contribution in [0.2, 0.25) is 0 Å². The lowest BCUT2D eigenvalue weighted by Crippen LogP contribution is -2.35. The van der Waals surface area contributed by atoms with Gasteiger partial charge in [0, 0.05) is 42.8 Å². The molecular formula is C27H29BrN8O2. The normalized spacial score (nSPS) is 19.0. The van der Waals surface area contributed by atoms with Crippen LogP contribution in [-0.2, 0) is 16.0 Å². The molecule has 2 atom stereocenters. The number of hydrogen-bond donors (Lipinski definition) is 3. The average molecular weight is 577 g/mol. The second-order valence-corrected chi connectivity index (χ2v) is 10.5. The number of halogens is 1. The summed E-state index contributed by atoms with van der Waals surface area (Å²) in [6.07, 6.45) is 7.73. The fourth-order valence-electron chi connectivity index (χ4n) is 5.13. The Morgan fingerprint density at radius 3 is 2.95 bits per heavy atom. The molecule has 0 unspecified atom stereocenters. The van der Waals surface area contributed by atoms with E-state index in [1.165, 1.54) is 6.08 Å². The van der Waals surface area contributed by atoms with E-state index in [9.17, 15) is 9.59 Å². The standard InChI is InChI=1S/C27H29BrN8O2/c1-4-21(37)30-11-8-17-13-19(12-16-6-5-10-31-22(16)17)36-24-20(23(28)35-36)15-32-26(34-24)33-18-7-9-27(2,14-18)25(38)29-3/h4-6,10,12-13,15,18H,1,7-9,11,14H2,2-3H3,(H,29,38)(H,30,37)(H,32,33,34)/t18-,27-/m1/s1. The van der Waals surface area contributed by atoms with Crippen molar-refractivity contribution in [1.29, 1.82) is 0 Å². The maximum Gasteiger partial charge on any atom is 0.243 e. The second-order valence-electron chi connectivity index (χ2n) is 9.78. The van der Waals surface area contributed by atoms with Crippen LogP contribution in [0.4, 0.5) is 5.95 Å². The predicted molar refractivity (Wildman–Crippen MR) is 150 cm³/mol. The zero-order valence-electron chi connectivity index (χ0n) is 21.3. The molecule has 1 fully saturated rings. The van der Waals surface area contributed by atoms with Gasteiger partial charge in [-0.3, -0.25) is 14.6 Å².